The summed E-state index contributed by atoms with van der Waals surface area (Å²) in [5.74, 6) is 0. The lowest BCUT2D eigenvalue weighted by Crippen LogP contribution is -2.16. The molecule has 0 aliphatic carbocycles. The first-order valence-electron chi connectivity index (χ1n) is 6.05. The van der Waals surface area contributed by atoms with Crippen molar-refractivity contribution in [3.63, 3.8) is 0 Å². The molecule has 0 aliphatic heterocycles. The van der Waals surface area contributed by atoms with Gasteiger partial charge in [0.05, 0.1) is 33.7 Å². The molecule has 0 amide bonds. The van der Waals surface area contributed by atoms with Crippen LogP contribution in [0.3, 0.4) is 0 Å². The maximum atomic E-state index is 6.36. The number of thiazole rings is 1. The van der Waals surface area contributed by atoms with Gasteiger partial charge >= 0.3 is 0 Å². The number of hydrogen-bond donors (Lipinski definition) is 1. The highest BCUT2D eigenvalue weighted by molar-refractivity contribution is 7.07. The van der Waals surface area contributed by atoms with Crippen LogP contribution in [0, 0.1) is 0 Å². The quantitative estimate of drug-likeness (QED) is 0.918. The molecule has 2 aromatic rings. The van der Waals surface area contributed by atoms with Gasteiger partial charge in [-0.25, -0.2) is 4.98 Å². The minimum Gasteiger partial charge on any atom is -0.322 e. The zero-order chi connectivity index (χ0) is 13.1. The highest BCUT2D eigenvalue weighted by Crippen LogP contribution is 2.25. The van der Waals surface area contributed by atoms with Gasteiger partial charge in [0.2, 0.25) is 0 Å². The molecule has 98 valence electrons. The minimum atomic E-state index is -0.125. The van der Waals surface area contributed by atoms with Gasteiger partial charge in [-0.1, -0.05) is 18.5 Å². The fourth-order valence-corrected chi connectivity index (χ4v) is 2.89. The Morgan fingerprint density at radius 2 is 2.28 bits per heavy atom. The number of nitrogens with two attached hydrogens (primary N) is 1. The first kappa shape index (κ1) is 13.5. The fourth-order valence-electron chi connectivity index (χ4n) is 1.93. The van der Waals surface area contributed by atoms with Crippen LogP contribution in [0.15, 0.2) is 10.9 Å². The minimum absolute atomic E-state index is 0.125. The smallest absolute Gasteiger partial charge is 0.0850 e. The van der Waals surface area contributed by atoms with Crippen LogP contribution >= 0.6 is 22.9 Å². The summed E-state index contributed by atoms with van der Waals surface area (Å²) < 4.78 is 1.94. The molecule has 2 aromatic heterocycles. The second-order valence-corrected chi connectivity index (χ2v) is 5.20. The molecule has 6 heteroatoms. The maximum absolute atomic E-state index is 6.36. The van der Waals surface area contributed by atoms with E-state index in [1.807, 2.05) is 10.1 Å². The van der Waals surface area contributed by atoms with E-state index in [0.29, 0.717) is 6.42 Å². The third-order valence-corrected chi connectivity index (χ3v) is 3.98. The largest absolute Gasteiger partial charge is 0.322 e. The Balaban J connectivity index is 2.25. The standard InChI is InChI=1S/C12H17ClN4S/c1-3-9-12(13)11(17(4-2)16-9)5-8(14)10-6-18-7-15-10/h6-8H,3-5,14H2,1-2H3. The highest BCUT2D eigenvalue weighted by Gasteiger charge is 2.18. The number of halogens is 1. The summed E-state index contributed by atoms with van der Waals surface area (Å²) >= 11 is 7.91. The van der Waals surface area contributed by atoms with E-state index in [1.165, 1.54) is 0 Å². The van der Waals surface area contributed by atoms with E-state index >= 15 is 0 Å². The van der Waals surface area contributed by atoms with Crippen molar-refractivity contribution >= 4 is 22.9 Å². The van der Waals surface area contributed by atoms with Crippen LogP contribution < -0.4 is 5.73 Å². The molecule has 1 unspecified atom stereocenters. The monoisotopic (exact) mass is 284 g/mol. The second kappa shape index (κ2) is 5.82. The Morgan fingerprint density at radius 1 is 1.50 bits per heavy atom. The van der Waals surface area contributed by atoms with Crippen molar-refractivity contribution < 1.29 is 0 Å². The molecular weight excluding hydrogens is 268 g/mol. The lowest BCUT2D eigenvalue weighted by Gasteiger charge is -2.10. The normalized spacial score (nSPS) is 12.9. The predicted octanol–water partition coefficient (Wildman–Crippen LogP) is 2.82. The van der Waals surface area contributed by atoms with Crippen molar-refractivity contribution in [2.45, 2.75) is 39.3 Å². The Hall–Kier alpha value is -0.910. The van der Waals surface area contributed by atoms with Gasteiger partial charge < -0.3 is 5.73 Å². The number of aromatic nitrogens is 3. The Labute approximate surface area is 116 Å². The van der Waals surface area contributed by atoms with E-state index in [2.05, 4.69) is 23.9 Å². The van der Waals surface area contributed by atoms with Crippen molar-refractivity contribution in [3.8, 4) is 0 Å². The Bertz CT molecular complexity index is 506. The maximum Gasteiger partial charge on any atom is 0.0850 e. The van der Waals surface area contributed by atoms with Gasteiger partial charge in [-0.2, -0.15) is 5.10 Å². The molecule has 0 fully saturated rings. The number of rotatable bonds is 5. The zero-order valence-corrected chi connectivity index (χ0v) is 12.1. The van der Waals surface area contributed by atoms with Crippen LogP contribution in [0.2, 0.25) is 5.02 Å². The van der Waals surface area contributed by atoms with Gasteiger partial charge in [0, 0.05) is 18.3 Å². The van der Waals surface area contributed by atoms with Crippen LogP contribution in [0.5, 0.6) is 0 Å². The van der Waals surface area contributed by atoms with E-state index in [4.69, 9.17) is 17.3 Å². The summed E-state index contributed by atoms with van der Waals surface area (Å²) in [7, 11) is 0. The molecule has 0 saturated carbocycles. The third-order valence-electron chi connectivity index (χ3n) is 2.94. The van der Waals surface area contributed by atoms with Crippen molar-refractivity contribution in [2.75, 3.05) is 0 Å². The first-order chi connectivity index (χ1) is 8.67. The lowest BCUT2D eigenvalue weighted by atomic mass is 10.1. The lowest BCUT2D eigenvalue weighted by molar-refractivity contribution is 0.581. The SMILES string of the molecule is CCc1nn(CC)c(CC(N)c2cscn2)c1Cl. The number of hydrogen-bond acceptors (Lipinski definition) is 4. The summed E-state index contributed by atoms with van der Waals surface area (Å²) in [4.78, 5) is 4.25. The predicted molar refractivity (Wildman–Crippen MR) is 75.0 cm³/mol. The van der Waals surface area contributed by atoms with Crippen LogP contribution in [0.1, 0.15) is 37.0 Å². The van der Waals surface area contributed by atoms with Crippen molar-refractivity contribution in [3.05, 3.63) is 33.0 Å². The van der Waals surface area contributed by atoms with Gasteiger partial charge in [-0.3, -0.25) is 4.68 Å². The molecule has 4 nitrogen and oxygen atoms in total. The molecule has 1 atom stereocenters. The van der Waals surface area contributed by atoms with Crippen LogP contribution in [0.25, 0.3) is 0 Å². The summed E-state index contributed by atoms with van der Waals surface area (Å²) in [6.45, 7) is 4.91. The molecule has 0 bridgehead atoms. The fraction of sp³-hybridized carbons (Fsp3) is 0.500. The molecule has 0 spiro atoms. The first-order valence-corrected chi connectivity index (χ1v) is 7.37. The summed E-state index contributed by atoms with van der Waals surface area (Å²) in [5.41, 5.74) is 10.8. The van der Waals surface area contributed by atoms with Crippen LogP contribution in [-0.2, 0) is 19.4 Å². The summed E-state index contributed by atoms with van der Waals surface area (Å²) in [6, 6.07) is -0.125. The second-order valence-electron chi connectivity index (χ2n) is 4.10. The third kappa shape index (κ3) is 2.58. The molecule has 0 aromatic carbocycles. The van der Waals surface area contributed by atoms with Gasteiger partial charge in [0.15, 0.2) is 0 Å². The highest BCUT2D eigenvalue weighted by atomic mass is 35.5. The molecule has 0 saturated heterocycles. The molecule has 0 aliphatic rings. The summed E-state index contributed by atoms with van der Waals surface area (Å²) in [5, 5.41) is 7.23. The molecule has 2 heterocycles. The molecule has 2 N–H and O–H groups in total. The van der Waals surface area contributed by atoms with Crippen molar-refractivity contribution in [2.24, 2.45) is 5.73 Å². The van der Waals surface area contributed by atoms with Crippen molar-refractivity contribution in [1.29, 1.82) is 0 Å². The molecule has 2 rings (SSSR count). The molecular formula is C12H17ClN4S. The molecule has 0 radical (unpaired) electrons. The van der Waals surface area contributed by atoms with Crippen molar-refractivity contribution in [1.82, 2.24) is 14.8 Å². The van der Waals surface area contributed by atoms with E-state index < -0.39 is 0 Å². The average molecular weight is 285 g/mol. The zero-order valence-electron chi connectivity index (χ0n) is 10.6. The van der Waals surface area contributed by atoms with E-state index in [1.54, 1.807) is 16.8 Å². The van der Waals surface area contributed by atoms with Gasteiger partial charge in [0.25, 0.3) is 0 Å². The average Bonchev–Trinajstić information content (AvgIpc) is 2.99. The number of aryl methyl sites for hydroxylation is 2. The van der Waals surface area contributed by atoms with Gasteiger partial charge in [0.1, 0.15) is 0 Å². The number of nitrogens with zero attached hydrogens (tertiary/aromatic N) is 3. The van der Waals surface area contributed by atoms with E-state index in [0.717, 1.165) is 35.1 Å². The van der Waals surface area contributed by atoms with Crippen LogP contribution in [0.4, 0.5) is 0 Å². The Morgan fingerprint density at radius 3 is 2.83 bits per heavy atom. The van der Waals surface area contributed by atoms with Gasteiger partial charge in [-0.05, 0) is 13.3 Å². The Kier molecular flexibility index (Phi) is 4.37. The molecule has 18 heavy (non-hydrogen) atoms. The van der Waals surface area contributed by atoms with Crippen LogP contribution in [-0.4, -0.2) is 14.8 Å². The summed E-state index contributed by atoms with van der Waals surface area (Å²) in [6.07, 6.45) is 1.51. The van der Waals surface area contributed by atoms with E-state index in [-0.39, 0.29) is 6.04 Å². The van der Waals surface area contributed by atoms with Gasteiger partial charge in [-0.15, -0.1) is 11.3 Å². The topological polar surface area (TPSA) is 56.7 Å². The van der Waals surface area contributed by atoms with E-state index in [9.17, 15) is 0 Å².